The lowest BCUT2D eigenvalue weighted by Crippen LogP contribution is -2.24. The number of fused-ring (bicyclic) bond motifs is 1. The van der Waals surface area contributed by atoms with Gasteiger partial charge in [-0.3, -0.25) is 0 Å². The van der Waals surface area contributed by atoms with Crippen molar-refractivity contribution in [2.45, 2.75) is 38.1 Å². The number of nitrogens with two attached hydrogens (primary N) is 1. The normalized spacial score (nSPS) is 28.3. The first-order valence-electron chi connectivity index (χ1n) is 6.87. The third-order valence-corrected chi connectivity index (χ3v) is 4.47. The smallest absolute Gasteiger partial charge is 0.00190 e. The third-order valence-electron chi connectivity index (χ3n) is 4.47. The molecule has 0 saturated heterocycles. The summed E-state index contributed by atoms with van der Waals surface area (Å²) >= 11 is 0. The molecule has 1 saturated carbocycles. The maximum absolute atomic E-state index is 6.06. The molecule has 2 N–H and O–H groups in total. The van der Waals surface area contributed by atoms with E-state index < -0.39 is 0 Å². The predicted octanol–water partition coefficient (Wildman–Crippen LogP) is 3.85. The largest absolute Gasteiger partial charge is 0.328 e. The molecule has 3 atom stereocenters. The highest BCUT2D eigenvalue weighted by Gasteiger charge is 2.52. The van der Waals surface area contributed by atoms with E-state index in [-0.39, 0.29) is 6.04 Å². The Kier molecular flexibility index (Phi) is 2.67. The minimum atomic E-state index is 0.272. The highest BCUT2D eigenvalue weighted by molar-refractivity contribution is 5.87. The molecule has 1 aliphatic carbocycles. The zero-order chi connectivity index (χ0) is 12.8. The molecule has 0 amide bonds. The number of rotatable bonds is 3. The van der Waals surface area contributed by atoms with Crippen molar-refractivity contribution in [3.63, 3.8) is 0 Å². The lowest BCUT2D eigenvalue weighted by atomic mass is 9.84. The Labute approximate surface area is 109 Å². The molecular formula is C17H21N. The Morgan fingerprint density at radius 1 is 1.22 bits per heavy atom. The summed E-state index contributed by atoms with van der Waals surface area (Å²) in [5, 5.41) is 2.75. The lowest BCUT2D eigenvalue weighted by Gasteiger charge is -2.21. The number of hydrogen-bond acceptors (Lipinski definition) is 1. The van der Waals surface area contributed by atoms with E-state index in [0.29, 0.717) is 5.41 Å². The van der Waals surface area contributed by atoms with Gasteiger partial charge in [0.05, 0.1) is 0 Å². The third kappa shape index (κ3) is 1.74. The summed E-state index contributed by atoms with van der Waals surface area (Å²) < 4.78 is 0. The molecule has 1 heteroatoms. The van der Waals surface area contributed by atoms with Crippen LogP contribution in [0.25, 0.3) is 10.8 Å². The Morgan fingerprint density at radius 3 is 2.56 bits per heavy atom. The van der Waals surface area contributed by atoms with E-state index in [9.17, 15) is 0 Å². The predicted molar refractivity (Wildman–Crippen MR) is 77.7 cm³/mol. The summed E-state index contributed by atoms with van der Waals surface area (Å²) in [5.74, 6) is 0.759. The Bertz CT molecular complexity index is 567. The SMILES string of the molecule is CC(N)C[C@]1(c2cccc3ccccc23)C[C@@H]1C. The van der Waals surface area contributed by atoms with Crippen LogP contribution in [0.1, 0.15) is 32.3 Å². The fourth-order valence-corrected chi connectivity index (χ4v) is 3.49. The maximum atomic E-state index is 6.06. The molecule has 0 bridgehead atoms. The van der Waals surface area contributed by atoms with Crippen molar-refractivity contribution < 1.29 is 0 Å². The van der Waals surface area contributed by atoms with Gasteiger partial charge in [0.15, 0.2) is 0 Å². The van der Waals surface area contributed by atoms with Crippen molar-refractivity contribution in [1.82, 2.24) is 0 Å². The molecule has 0 radical (unpaired) electrons. The quantitative estimate of drug-likeness (QED) is 0.865. The lowest BCUT2D eigenvalue weighted by molar-refractivity contribution is 0.514. The van der Waals surface area contributed by atoms with Crippen LogP contribution in [0.15, 0.2) is 42.5 Å². The highest BCUT2D eigenvalue weighted by Crippen LogP contribution is 2.58. The van der Waals surface area contributed by atoms with Gasteiger partial charge in [-0.25, -0.2) is 0 Å². The average molecular weight is 239 g/mol. The molecule has 0 aromatic heterocycles. The topological polar surface area (TPSA) is 26.0 Å². The molecule has 94 valence electrons. The van der Waals surface area contributed by atoms with Gasteiger partial charge in [0, 0.05) is 11.5 Å². The van der Waals surface area contributed by atoms with Crippen molar-refractivity contribution >= 4 is 10.8 Å². The van der Waals surface area contributed by atoms with E-state index in [1.807, 2.05) is 0 Å². The monoisotopic (exact) mass is 239 g/mol. The van der Waals surface area contributed by atoms with Gasteiger partial charge in [-0.05, 0) is 42.0 Å². The average Bonchev–Trinajstić information content (AvgIpc) is 2.99. The number of hydrogen-bond donors (Lipinski definition) is 1. The molecule has 0 aliphatic heterocycles. The van der Waals surface area contributed by atoms with Crippen molar-refractivity contribution in [2.24, 2.45) is 11.7 Å². The zero-order valence-corrected chi connectivity index (χ0v) is 11.2. The molecule has 1 nitrogen and oxygen atoms in total. The van der Waals surface area contributed by atoms with Crippen LogP contribution in [-0.2, 0) is 5.41 Å². The van der Waals surface area contributed by atoms with Crippen LogP contribution >= 0.6 is 0 Å². The fraction of sp³-hybridized carbons (Fsp3) is 0.412. The molecule has 1 unspecified atom stereocenters. The van der Waals surface area contributed by atoms with Gasteiger partial charge >= 0.3 is 0 Å². The van der Waals surface area contributed by atoms with Gasteiger partial charge in [-0.15, -0.1) is 0 Å². The molecule has 18 heavy (non-hydrogen) atoms. The van der Waals surface area contributed by atoms with Crippen LogP contribution in [0.2, 0.25) is 0 Å². The summed E-state index contributed by atoms with van der Waals surface area (Å²) in [6.07, 6.45) is 2.38. The van der Waals surface area contributed by atoms with Crippen molar-refractivity contribution in [3.8, 4) is 0 Å². The van der Waals surface area contributed by atoms with Gasteiger partial charge < -0.3 is 5.73 Å². The van der Waals surface area contributed by atoms with E-state index in [1.54, 1.807) is 0 Å². The molecule has 2 aromatic carbocycles. The van der Waals surface area contributed by atoms with Crippen molar-refractivity contribution in [3.05, 3.63) is 48.0 Å². The molecular weight excluding hydrogens is 218 g/mol. The minimum absolute atomic E-state index is 0.272. The van der Waals surface area contributed by atoms with Crippen molar-refractivity contribution in [1.29, 1.82) is 0 Å². The summed E-state index contributed by atoms with van der Waals surface area (Å²) in [5.41, 5.74) is 7.90. The first kappa shape index (κ1) is 11.7. The number of benzene rings is 2. The second-order valence-corrected chi connectivity index (χ2v) is 5.97. The van der Waals surface area contributed by atoms with E-state index in [1.165, 1.54) is 22.8 Å². The molecule has 2 aromatic rings. The van der Waals surface area contributed by atoms with Gasteiger partial charge in [0.2, 0.25) is 0 Å². The molecule has 0 spiro atoms. The van der Waals surface area contributed by atoms with Crippen LogP contribution in [-0.4, -0.2) is 6.04 Å². The Balaban J connectivity index is 2.14. The van der Waals surface area contributed by atoms with E-state index in [0.717, 1.165) is 12.3 Å². The van der Waals surface area contributed by atoms with Gasteiger partial charge in [0.1, 0.15) is 0 Å². The van der Waals surface area contributed by atoms with Gasteiger partial charge in [0.25, 0.3) is 0 Å². The van der Waals surface area contributed by atoms with Crippen LogP contribution in [0.3, 0.4) is 0 Å². The maximum Gasteiger partial charge on any atom is 0.00190 e. The fourth-order valence-electron chi connectivity index (χ4n) is 3.49. The van der Waals surface area contributed by atoms with Crippen LogP contribution < -0.4 is 5.73 Å². The first-order chi connectivity index (χ1) is 8.63. The molecule has 3 rings (SSSR count). The zero-order valence-electron chi connectivity index (χ0n) is 11.2. The van der Waals surface area contributed by atoms with E-state index in [2.05, 4.69) is 56.3 Å². The summed E-state index contributed by atoms with van der Waals surface area (Å²) in [6, 6.07) is 15.7. The second-order valence-electron chi connectivity index (χ2n) is 5.97. The highest BCUT2D eigenvalue weighted by atomic mass is 14.7. The second kappa shape index (κ2) is 4.10. The van der Waals surface area contributed by atoms with E-state index in [4.69, 9.17) is 5.73 Å². The van der Waals surface area contributed by atoms with E-state index >= 15 is 0 Å². The summed E-state index contributed by atoms with van der Waals surface area (Å²) in [4.78, 5) is 0. The van der Waals surface area contributed by atoms with Crippen LogP contribution in [0.4, 0.5) is 0 Å². The molecule has 1 fully saturated rings. The summed E-state index contributed by atoms with van der Waals surface area (Å²) in [7, 11) is 0. The van der Waals surface area contributed by atoms with Crippen LogP contribution in [0, 0.1) is 5.92 Å². The van der Waals surface area contributed by atoms with Crippen LogP contribution in [0.5, 0.6) is 0 Å². The van der Waals surface area contributed by atoms with Crippen molar-refractivity contribution in [2.75, 3.05) is 0 Å². The first-order valence-corrected chi connectivity index (χ1v) is 6.87. The summed E-state index contributed by atoms with van der Waals surface area (Å²) in [6.45, 7) is 4.47. The minimum Gasteiger partial charge on any atom is -0.328 e. The molecule has 0 heterocycles. The standard InChI is InChI=1S/C17H21N/c1-12-10-17(12,11-13(2)18)16-9-5-7-14-6-3-4-8-15(14)16/h3-9,12-13H,10-11,18H2,1-2H3/t12-,13?,17+/m0/s1. The van der Waals surface area contributed by atoms with Gasteiger partial charge in [-0.2, -0.15) is 0 Å². The molecule has 1 aliphatic rings. The Morgan fingerprint density at radius 2 is 1.89 bits per heavy atom. The van der Waals surface area contributed by atoms with Gasteiger partial charge in [-0.1, -0.05) is 49.4 Å². The Hall–Kier alpha value is -1.34.